The maximum atomic E-state index is 10.8. The molecule has 1 saturated heterocycles. The first-order valence-corrected chi connectivity index (χ1v) is 7.39. The fraction of sp³-hybridized carbons (Fsp3) is 0.364. The number of quaternary nitrogens is 1. The SMILES string of the molecule is COc1cc([C@@H]2[NH2+][C@H](C(=O)[O-])CS2)cc(I)c1O. The van der Waals surface area contributed by atoms with Gasteiger partial charge < -0.3 is 25.1 Å². The Balaban J connectivity index is 2.25. The highest BCUT2D eigenvalue weighted by Gasteiger charge is 2.31. The van der Waals surface area contributed by atoms with E-state index in [-0.39, 0.29) is 11.1 Å². The quantitative estimate of drug-likeness (QED) is 0.686. The molecule has 98 valence electrons. The maximum Gasteiger partial charge on any atom is 0.171 e. The summed E-state index contributed by atoms with van der Waals surface area (Å²) in [5.41, 5.74) is 0.933. The van der Waals surface area contributed by atoms with Crippen LogP contribution in [0.5, 0.6) is 11.5 Å². The first-order valence-electron chi connectivity index (χ1n) is 5.26. The van der Waals surface area contributed by atoms with Crippen molar-refractivity contribution in [3.63, 3.8) is 0 Å². The molecule has 0 unspecified atom stereocenters. The van der Waals surface area contributed by atoms with Crippen molar-refractivity contribution in [1.82, 2.24) is 0 Å². The minimum Gasteiger partial charge on any atom is -0.544 e. The molecule has 0 amide bonds. The Morgan fingerprint density at radius 3 is 2.94 bits per heavy atom. The fourth-order valence-electron chi connectivity index (χ4n) is 1.80. The zero-order valence-corrected chi connectivity index (χ0v) is 12.5. The third kappa shape index (κ3) is 2.67. The predicted octanol–water partition coefficient (Wildman–Crippen LogP) is -0.567. The van der Waals surface area contributed by atoms with E-state index in [4.69, 9.17) is 4.74 Å². The largest absolute Gasteiger partial charge is 0.544 e. The standard InChI is InChI=1S/C11H12INO4S/c1-17-8-3-5(2-6(12)9(8)14)10-13-7(4-18-10)11(15)16/h2-3,7,10,13-14H,4H2,1H3,(H,15,16)/t7-,10+/m0/s1. The lowest BCUT2D eigenvalue weighted by Gasteiger charge is -2.13. The molecule has 0 bridgehead atoms. The second-order valence-corrected chi connectivity index (χ2v) is 6.26. The Bertz CT molecular complexity index is 482. The number of benzene rings is 1. The molecule has 1 fully saturated rings. The van der Waals surface area contributed by atoms with Crippen LogP contribution in [-0.4, -0.2) is 30.0 Å². The van der Waals surface area contributed by atoms with Gasteiger partial charge in [0.1, 0.15) is 12.0 Å². The van der Waals surface area contributed by atoms with Crippen LogP contribution in [-0.2, 0) is 4.79 Å². The molecule has 3 N–H and O–H groups in total. The number of aromatic hydroxyl groups is 1. The minimum atomic E-state index is -1.04. The van der Waals surface area contributed by atoms with E-state index < -0.39 is 12.0 Å². The monoisotopic (exact) mass is 381 g/mol. The van der Waals surface area contributed by atoms with Crippen molar-refractivity contribution >= 4 is 40.3 Å². The zero-order valence-electron chi connectivity index (χ0n) is 9.55. The molecule has 1 aliphatic rings. The number of thioether (sulfide) groups is 1. The number of methoxy groups -OCH3 is 1. The molecule has 7 heteroatoms. The molecule has 5 nitrogen and oxygen atoms in total. The van der Waals surface area contributed by atoms with Crippen LogP contribution >= 0.6 is 34.4 Å². The number of aliphatic carboxylic acids is 1. The van der Waals surface area contributed by atoms with Gasteiger partial charge in [-0.25, -0.2) is 0 Å². The van der Waals surface area contributed by atoms with Crippen molar-refractivity contribution in [2.45, 2.75) is 11.4 Å². The lowest BCUT2D eigenvalue weighted by atomic mass is 10.2. The molecule has 1 aromatic carbocycles. The van der Waals surface area contributed by atoms with E-state index in [2.05, 4.69) is 0 Å². The van der Waals surface area contributed by atoms with E-state index in [0.29, 0.717) is 15.1 Å². The molecule has 1 aromatic rings. The highest BCUT2D eigenvalue weighted by atomic mass is 127. The highest BCUT2D eigenvalue weighted by molar-refractivity contribution is 14.1. The van der Waals surface area contributed by atoms with E-state index in [1.54, 1.807) is 23.1 Å². The summed E-state index contributed by atoms with van der Waals surface area (Å²) in [6.07, 6.45) is 0. The molecule has 0 spiro atoms. The van der Waals surface area contributed by atoms with Crippen molar-refractivity contribution in [2.75, 3.05) is 12.9 Å². The molecule has 1 aliphatic heterocycles. The smallest absolute Gasteiger partial charge is 0.171 e. The van der Waals surface area contributed by atoms with Gasteiger partial charge in [-0.1, -0.05) is 11.8 Å². The fourth-order valence-corrected chi connectivity index (χ4v) is 3.71. The van der Waals surface area contributed by atoms with E-state index in [1.165, 1.54) is 7.11 Å². The third-order valence-corrected chi connectivity index (χ3v) is 4.93. The topological polar surface area (TPSA) is 86.2 Å². The molecule has 0 saturated carbocycles. The predicted molar refractivity (Wildman–Crippen MR) is 73.3 cm³/mol. The van der Waals surface area contributed by atoms with Crippen LogP contribution < -0.4 is 15.2 Å². The lowest BCUT2D eigenvalue weighted by Crippen LogP contribution is -2.90. The van der Waals surface area contributed by atoms with Gasteiger partial charge in [0.15, 0.2) is 16.9 Å². The Hall–Kier alpha value is -0.670. The number of carbonyl (C=O) groups is 1. The Morgan fingerprint density at radius 2 is 2.39 bits per heavy atom. The number of carbonyl (C=O) groups excluding carboxylic acids is 1. The second-order valence-electron chi connectivity index (χ2n) is 3.93. The molecule has 0 aliphatic carbocycles. The summed E-state index contributed by atoms with van der Waals surface area (Å²) in [5.74, 6) is 0.00166. The van der Waals surface area contributed by atoms with Gasteiger partial charge in [0, 0.05) is 5.56 Å². The molecule has 1 heterocycles. The van der Waals surface area contributed by atoms with Crippen LogP contribution in [0.2, 0.25) is 0 Å². The van der Waals surface area contributed by atoms with E-state index in [1.807, 2.05) is 28.7 Å². The number of phenolic OH excluding ortho intramolecular Hbond substituents is 1. The first kappa shape index (κ1) is 13.8. The summed E-state index contributed by atoms with van der Waals surface area (Å²) >= 11 is 3.57. The Labute approximate surface area is 122 Å². The van der Waals surface area contributed by atoms with E-state index >= 15 is 0 Å². The molecule has 0 radical (unpaired) electrons. The minimum absolute atomic E-state index is 0.00378. The Morgan fingerprint density at radius 1 is 1.67 bits per heavy atom. The van der Waals surface area contributed by atoms with Crippen molar-refractivity contribution < 1.29 is 25.1 Å². The van der Waals surface area contributed by atoms with Crippen LogP contribution in [0.4, 0.5) is 0 Å². The summed E-state index contributed by atoms with van der Waals surface area (Å²) in [4.78, 5) is 10.8. The van der Waals surface area contributed by atoms with Gasteiger partial charge in [0.2, 0.25) is 0 Å². The molecule has 18 heavy (non-hydrogen) atoms. The Kier molecular flexibility index (Phi) is 4.23. The van der Waals surface area contributed by atoms with Gasteiger partial charge in [-0.05, 0) is 34.7 Å². The number of hydrogen-bond acceptors (Lipinski definition) is 5. The van der Waals surface area contributed by atoms with Gasteiger partial charge in [0.05, 0.1) is 16.4 Å². The number of hydrogen-bond donors (Lipinski definition) is 2. The van der Waals surface area contributed by atoms with E-state index in [0.717, 1.165) is 5.56 Å². The number of rotatable bonds is 3. The highest BCUT2D eigenvalue weighted by Crippen LogP contribution is 2.37. The van der Waals surface area contributed by atoms with Crippen LogP contribution in [0.1, 0.15) is 10.9 Å². The number of halogens is 1. The van der Waals surface area contributed by atoms with Crippen LogP contribution in [0.25, 0.3) is 0 Å². The summed E-state index contributed by atoms with van der Waals surface area (Å²) in [7, 11) is 1.49. The summed E-state index contributed by atoms with van der Waals surface area (Å²) in [6.45, 7) is 0. The molecule has 2 rings (SSSR count). The van der Waals surface area contributed by atoms with E-state index in [9.17, 15) is 15.0 Å². The number of phenols is 1. The summed E-state index contributed by atoms with van der Waals surface area (Å²) in [6, 6.07) is 3.06. The van der Waals surface area contributed by atoms with Gasteiger partial charge in [-0.2, -0.15) is 0 Å². The third-order valence-electron chi connectivity index (χ3n) is 2.76. The molecular weight excluding hydrogens is 369 g/mol. The number of carboxylic acids is 1. The maximum absolute atomic E-state index is 10.8. The average molecular weight is 381 g/mol. The van der Waals surface area contributed by atoms with Gasteiger partial charge in [-0.3, -0.25) is 0 Å². The van der Waals surface area contributed by atoms with Crippen molar-refractivity contribution in [3.05, 3.63) is 21.3 Å². The average Bonchev–Trinajstić information content (AvgIpc) is 2.82. The van der Waals surface area contributed by atoms with Crippen LogP contribution in [0.3, 0.4) is 0 Å². The van der Waals surface area contributed by atoms with Crippen molar-refractivity contribution in [1.29, 1.82) is 0 Å². The summed E-state index contributed by atoms with van der Waals surface area (Å²) < 4.78 is 5.78. The van der Waals surface area contributed by atoms with Crippen LogP contribution in [0, 0.1) is 3.57 Å². The molecule has 0 aromatic heterocycles. The van der Waals surface area contributed by atoms with Crippen LogP contribution in [0.15, 0.2) is 12.1 Å². The lowest BCUT2D eigenvalue weighted by molar-refractivity contribution is -0.690. The molecular formula is C11H12INO4S. The second kappa shape index (κ2) is 5.54. The van der Waals surface area contributed by atoms with Crippen molar-refractivity contribution in [2.24, 2.45) is 0 Å². The van der Waals surface area contributed by atoms with Gasteiger partial charge in [-0.15, -0.1) is 0 Å². The number of carboxylic acid groups (broad SMARTS) is 1. The van der Waals surface area contributed by atoms with Gasteiger partial charge >= 0.3 is 0 Å². The normalized spacial score (nSPS) is 23.0. The van der Waals surface area contributed by atoms with Crippen molar-refractivity contribution in [3.8, 4) is 11.5 Å². The summed E-state index contributed by atoms with van der Waals surface area (Å²) in [5, 5.41) is 22.3. The number of nitrogens with two attached hydrogens (primary N) is 1. The first-order chi connectivity index (χ1) is 8.52. The van der Waals surface area contributed by atoms with Gasteiger partial charge in [0.25, 0.3) is 0 Å². The molecule has 2 atom stereocenters. The number of ether oxygens (including phenoxy) is 1. The zero-order chi connectivity index (χ0) is 13.3.